The quantitative estimate of drug-likeness (QED) is 0.330. The summed E-state index contributed by atoms with van der Waals surface area (Å²) in [6, 6.07) is 0. The van der Waals surface area contributed by atoms with Crippen LogP contribution in [0, 0.1) is 0 Å². The smallest absolute Gasteiger partial charge is 0.0528 e. The summed E-state index contributed by atoms with van der Waals surface area (Å²) in [5.74, 6) is 0. The highest BCUT2D eigenvalue weighted by molar-refractivity contribution is 7.22. The molecule has 0 aliphatic carbocycles. The lowest BCUT2D eigenvalue weighted by Gasteiger charge is -2.01. The van der Waals surface area contributed by atoms with Crippen molar-refractivity contribution in [2.45, 2.75) is 18.5 Å². The SMILES string of the molecule is CC(C)(P)Cl. The van der Waals surface area contributed by atoms with E-state index < -0.39 is 0 Å². The van der Waals surface area contributed by atoms with E-state index in [1.165, 1.54) is 0 Å². The van der Waals surface area contributed by atoms with Gasteiger partial charge in [0.25, 0.3) is 0 Å². The molecule has 0 amide bonds. The molecule has 5 heavy (non-hydrogen) atoms. The monoisotopic (exact) mass is 110 g/mol. The van der Waals surface area contributed by atoms with Crippen LogP contribution in [0.3, 0.4) is 0 Å². The molecular weight excluding hydrogens is 102 g/mol. The Morgan fingerprint density at radius 2 is 1.60 bits per heavy atom. The molecule has 0 fully saturated rings. The summed E-state index contributed by atoms with van der Waals surface area (Å²) in [4.78, 5) is 0. The van der Waals surface area contributed by atoms with Gasteiger partial charge < -0.3 is 0 Å². The fraction of sp³-hybridized carbons (Fsp3) is 1.00. The van der Waals surface area contributed by atoms with Crippen LogP contribution in [-0.4, -0.2) is 4.62 Å². The van der Waals surface area contributed by atoms with Crippen LogP contribution in [0.2, 0.25) is 0 Å². The van der Waals surface area contributed by atoms with Gasteiger partial charge in [-0.15, -0.1) is 20.8 Å². The second-order valence-electron chi connectivity index (χ2n) is 1.56. The molecule has 0 aromatic heterocycles. The molecule has 0 radical (unpaired) electrons. The summed E-state index contributed by atoms with van der Waals surface area (Å²) < 4.78 is -0.111. The summed E-state index contributed by atoms with van der Waals surface area (Å²) >= 11 is 5.49. The normalized spacial score (nSPS) is 12.0. The second-order valence-corrected chi connectivity index (χ2v) is 4.35. The first-order valence-corrected chi connectivity index (χ1v) is 2.43. The summed E-state index contributed by atoms with van der Waals surface area (Å²) in [5.41, 5.74) is 0. The van der Waals surface area contributed by atoms with Crippen LogP contribution < -0.4 is 0 Å². The number of alkyl halides is 1. The van der Waals surface area contributed by atoms with Gasteiger partial charge in [0.15, 0.2) is 0 Å². The highest BCUT2D eigenvalue weighted by atomic mass is 35.5. The molecule has 0 spiro atoms. The topological polar surface area (TPSA) is 0 Å². The first-order valence-electron chi connectivity index (χ1n) is 1.48. The number of hydrogen-bond acceptors (Lipinski definition) is 0. The molecule has 1 unspecified atom stereocenters. The van der Waals surface area contributed by atoms with Crippen LogP contribution >= 0.6 is 20.8 Å². The summed E-state index contributed by atoms with van der Waals surface area (Å²) in [6.45, 7) is 3.83. The van der Waals surface area contributed by atoms with Crippen LogP contribution in [0.15, 0.2) is 0 Å². The predicted molar refractivity (Wildman–Crippen MR) is 29.6 cm³/mol. The molecule has 2 heteroatoms. The molecule has 0 aliphatic rings. The Morgan fingerprint density at radius 3 is 1.60 bits per heavy atom. The van der Waals surface area contributed by atoms with Gasteiger partial charge >= 0.3 is 0 Å². The average Bonchev–Trinajstić information content (AvgIpc) is 0.722. The van der Waals surface area contributed by atoms with Gasteiger partial charge in [0.1, 0.15) is 0 Å². The van der Waals surface area contributed by atoms with Gasteiger partial charge in [-0.2, -0.15) is 0 Å². The molecule has 0 aromatic carbocycles. The minimum atomic E-state index is -0.111. The molecule has 0 saturated carbocycles. The van der Waals surface area contributed by atoms with Gasteiger partial charge in [-0.05, 0) is 13.8 Å². The van der Waals surface area contributed by atoms with Crippen LogP contribution in [0.1, 0.15) is 13.8 Å². The first-order chi connectivity index (χ1) is 2.00. The van der Waals surface area contributed by atoms with Crippen molar-refractivity contribution in [2.75, 3.05) is 0 Å². The van der Waals surface area contributed by atoms with Crippen molar-refractivity contribution in [3.63, 3.8) is 0 Å². The van der Waals surface area contributed by atoms with Crippen molar-refractivity contribution < 1.29 is 0 Å². The third kappa shape index (κ3) is 67.4. The maximum atomic E-state index is 5.49. The van der Waals surface area contributed by atoms with Crippen molar-refractivity contribution in [1.29, 1.82) is 0 Å². The molecule has 0 nitrogen and oxygen atoms in total. The van der Waals surface area contributed by atoms with E-state index >= 15 is 0 Å². The van der Waals surface area contributed by atoms with Crippen molar-refractivity contribution in [1.82, 2.24) is 0 Å². The van der Waals surface area contributed by atoms with E-state index in [-0.39, 0.29) is 4.62 Å². The summed E-state index contributed by atoms with van der Waals surface area (Å²) in [6.07, 6.45) is 0. The lowest BCUT2D eigenvalue weighted by molar-refractivity contribution is 1.01. The van der Waals surface area contributed by atoms with Gasteiger partial charge in [-0.1, -0.05) is 0 Å². The Balaban J connectivity index is 3.02. The Labute approximate surface area is 40.1 Å². The summed E-state index contributed by atoms with van der Waals surface area (Å²) in [5, 5.41) is 0. The van der Waals surface area contributed by atoms with E-state index in [0.717, 1.165) is 0 Å². The minimum absolute atomic E-state index is 0.111. The third-order valence-corrected chi connectivity index (χ3v) is 0. The molecule has 0 heterocycles. The van der Waals surface area contributed by atoms with Gasteiger partial charge in [-0.25, -0.2) is 0 Å². The fourth-order valence-corrected chi connectivity index (χ4v) is 0. The summed E-state index contributed by atoms with van der Waals surface area (Å²) in [7, 11) is 2.48. The lowest BCUT2D eigenvalue weighted by atomic mass is 10.6. The zero-order valence-corrected chi connectivity index (χ0v) is 5.37. The van der Waals surface area contributed by atoms with Crippen LogP contribution in [0.25, 0.3) is 0 Å². The highest BCUT2D eigenvalue weighted by Crippen LogP contribution is 2.19. The second kappa shape index (κ2) is 1.45. The van der Waals surface area contributed by atoms with Crippen molar-refractivity contribution >= 4 is 20.8 Å². The molecular formula is C3H8ClP. The van der Waals surface area contributed by atoms with Crippen molar-refractivity contribution in [3.8, 4) is 0 Å². The molecule has 0 aliphatic heterocycles. The molecule has 1 atom stereocenters. The number of halogens is 1. The standard InChI is InChI=1S/C3H8ClP/c1-3(2,4)5/h5H2,1-2H3. The van der Waals surface area contributed by atoms with E-state index in [4.69, 9.17) is 11.6 Å². The molecule has 0 saturated heterocycles. The first kappa shape index (κ1) is 5.72. The Bertz CT molecular complexity index is 22.4. The maximum absolute atomic E-state index is 5.49. The van der Waals surface area contributed by atoms with E-state index in [2.05, 4.69) is 9.24 Å². The van der Waals surface area contributed by atoms with Crippen molar-refractivity contribution in [3.05, 3.63) is 0 Å². The molecule has 0 N–H and O–H groups in total. The van der Waals surface area contributed by atoms with E-state index in [9.17, 15) is 0 Å². The van der Waals surface area contributed by atoms with Gasteiger partial charge in [0, 0.05) is 0 Å². The Morgan fingerprint density at radius 1 is 1.60 bits per heavy atom. The van der Waals surface area contributed by atoms with Crippen LogP contribution in [0.4, 0.5) is 0 Å². The average molecular weight is 111 g/mol. The molecule has 0 bridgehead atoms. The molecule has 0 aromatic rings. The van der Waals surface area contributed by atoms with Crippen LogP contribution in [0.5, 0.6) is 0 Å². The zero-order valence-electron chi connectivity index (χ0n) is 3.46. The largest absolute Gasteiger partial charge is 0.116 e. The number of rotatable bonds is 0. The minimum Gasteiger partial charge on any atom is -0.116 e. The van der Waals surface area contributed by atoms with E-state index in [1.807, 2.05) is 13.8 Å². The Kier molecular flexibility index (Phi) is 1.65. The molecule has 0 rings (SSSR count). The van der Waals surface area contributed by atoms with Crippen molar-refractivity contribution in [2.24, 2.45) is 0 Å². The lowest BCUT2D eigenvalue weighted by Crippen LogP contribution is -1.92. The van der Waals surface area contributed by atoms with Gasteiger partial charge in [0.2, 0.25) is 0 Å². The van der Waals surface area contributed by atoms with E-state index in [1.54, 1.807) is 0 Å². The van der Waals surface area contributed by atoms with Crippen LogP contribution in [-0.2, 0) is 0 Å². The van der Waals surface area contributed by atoms with Gasteiger partial charge in [0.05, 0.1) is 4.62 Å². The number of hydrogen-bond donors (Lipinski definition) is 0. The maximum Gasteiger partial charge on any atom is 0.0528 e. The third-order valence-electron chi connectivity index (χ3n) is 0. The van der Waals surface area contributed by atoms with Gasteiger partial charge in [-0.3, -0.25) is 0 Å². The van der Waals surface area contributed by atoms with E-state index in [0.29, 0.717) is 0 Å². The fourth-order valence-electron chi connectivity index (χ4n) is 0. The zero-order chi connectivity index (χ0) is 4.50. The molecule has 32 valence electrons. The highest BCUT2D eigenvalue weighted by Gasteiger charge is 1.99. The predicted octanol–water partition coefficient (Wildman–Crippen LogP) is 1.84. The Hall–Kier alpha value is 0.720.